The van der Waals surface area contributed by atoms with Gasteiger partial charge in [-0.3, -0.25) is 4.98 Å². The average molecular weight is 277 g/mol. The standard InChI is InChI=1S/C15H17ClN2O/c1-10-9-18-7-6-12(10)15(17-2)11-4-5-13(16)14(8-11)19-3/h4-9,15,17H,1-3H3. The number of nitrogens with one attached hydrogen (secondary N) is 1. The molecule has 100 valence electrons. The van der Waals surface area contributed by atoms with E-state index in [-0.39, 0.29) is 6.04 Å². The highest BCUT2D eigenvalue weighted by Gasteiger charge is 2.15. The first kappa shape index (κ1) is 13.8. The Morgan fingerprint density at radius 3 is 2.74 bits per heavy atom. The molecule has 0 bridgehead atoms. The van der Waals surface area contributed by atoms with E-state index in [4.69, 9.17) is 16.3 Å². The number of rotatable bonds is 4. The van der Waals surface area contributed by atoms with Gasteiger partial charge in [-0.05, 0) is 48.9 Å². The van der Waals surface area contributed by atoms with E-state index >= 15 is 0 Å². The van der Waals surface area contributed by atoms with Crippen LogP contribution in [0.25, 0.3) is 0 Å². The minimum absolute atomic E-state index is 0.0918. The number of nitrogens with zero attached hydrogens (tertiary/aromatic N) is 1. The molecule has 1 atom stereocenters. The first-order valence-electron chi connectivity index (χ1n) is 6.08. The quantitative estimate of drug-likeness (QED) is 0.930. The Morgan fingerprint density at radius 2 is 2.11 bits per heavy atom. The molecule has 0 saturated carbocycles. The van der Waals surface area contributed by atoms with Gasteiger partial charge in [0.05, 0.1) is 18.2 Å². The lowest BCUT2D eigenvalue weighted by Crippen LogP contribution is -2.18. The molecule has 0 amide bonds. The van der Waals surface area contributed by atoms with Gasteiger partial charge in [0.2, 0.25) is 0 Å². The number of aryl methyl sites for hydroxylation is 1. The van der Waals surface area contributed by atoms with E-state index in [1.54, 1.807) is 13.3 Å². The summed E-state index contributed by atoms with van der Waals surface area (Å²) < 4.78 is 5.27. The van der Waals surface area contributed by atoms with Crippen LogP contribution >= 0.6 is 11.6 Å². The van der Waals surface area contributed by atoms with E-state index in [1.165, 1.54) is 5.56 Å². The van der Waals surface area contributed by atoms with Crippen molar-refractivity contribution in [2.24, 2.45) is 0 Å². The zero-order valence-corrected chi connectivity index (χ0v) is 12.0. The first-order chi connectivity index (χ1) is 9.17. The molecule has 19 heavy (non-hydrogen) atoms. The molecule has 1 aromatic heterocycles. The van der Waals surface area contributed by atoms with Gasteiger partial charge in [-0.25, -0.2) is 0 Å². The predicted molar refractivity (Wildman–Crippen MR) is 77.9 cm³/mol. The summed E-state index contributed by atoms with van der Waals surface area (Å²) in [4.78, 5) is 4.13. The highest BCUT2D eigenvalue weighted by atomic mass is 35.5. The van der Waals surface area contributed by atoms with Crippen LogP contribution in [-0.4, -0.2) is 19.1 Å². The number of hydrogen-bond acceptors (Lipinski definition) is 3. The minimum Gasteiger partial charge on any atom is -0.495 e. The first-order valence-corrected chi connectivity index (χ1v) is 6.46. The van der Waals surface area contributed by atoms with Crippen molar-refractivity contribution in [3.63, 3.8) is 0 Å². The molecule has 0 aliphatic carbocycles. The van der Waals surface area contributed by atoms with E-state index in [0.717, 1.165) is 11.1 Å². The molecular formula is C15H17ClN2O. The maximum atomic E-state index is 6.07. The SMILES string of the molecule is CNC(c1ccc(Cl)c(OC)c1)c1ccncc1C. The largest absolute Gasteiger partial charge is 0.495 e. The van der Waals surface area contributed by atoms with Crippen LogP contribution in [0.15, 0.2) is 36.7 Å². The summed E-state index contributed by atoms with van der Waals surface area (Å²) in [6, 6.07) is 7.94. The van der Waals surface area contributed by atoms with Gasteiger partial charge in [0.15, 0.2) is 0 Å². The molecule has 4 heteroatoms. The van der Waals surface area contributed by atoms with Gasteiger partial charge in [-0.2, -0.15) is 0 Å². The summed E-state index contributed by atoms with van der Waals surface area (Å²) in [5.41, 5.74) is 3.45. The predicted octanol–water partition coefficient (Wildman–Crippen LogP) is 3.36. The van der Waals surface area contributed by atoms with Crippen LogP contribution < -0.4 is 10.1 Å². The van der Waals surface area contributed by atoms with E-state index < -0.39 is 0 Å². The molecule has 1 heterocycles. The maximum Gasteiger partial charge on any atom is 0.137 e. The Labute approximate surface area is 118 Å². The Balaban J connectivity index is 2.45. The molecule has 0 aliphatic rings. The molecule has 0 fully saturated rings. The highest BCUT2D eigenvalue weighted by Crippen LogP contribution is 2.31. The summed E-state index contributed by atoms with van der Waals surface area (Å²) in [5, 5.41) is 3.94. The van der Waals surface area contributed by atoms with E-state index in [2.05, 4.69) is 17.2 Å². The smallest absolute Gasteiger partial charge is 0.137 e. The fourth-order valence-corrected chi connectivity index (χ4v) is 2.36. The number of pyridine rings is 1. The third-order valence-electron chi connectivity index (χ3n) is 3.17. The van der Waals surface area contributed by atoms with Gasteiger partial charge in [0.25, 0.3) is 0 Å². The molecule has 0 aliphatic heterocycles. The van der Waals surface area contributed by atoms with Gasteiger partial charge in [0.1, 0.15) is 5.75 Å². The molecule has 0 spiro atoms. The minimum atomic E-state index is 0.0918. The van der Waals surface area contributed by atoms with Crippen LogP contribution in [0.1, 0.15) is 22.7 Å². The third kappa shape index (κ3) is 2.88. The maximum absolute atomic E-state index is 6.07. The van der Waals surface area contributed by atoms with Crippen LogP contribution in [0.2, 0.25) is 5.02 Å². The number of aromatic nitrogens is 1. The number of benzene rings is 1. The molecule has 2 aromatic rings. The van der Waals surface area contributed by atoms with Gasteiger partial charge < -0.3 is 10.1 Å². The third-order valence-corrected chi connectivity index (χ3v) is 3.48. The van der Waals surface area contributed by atoms with Gasteiger partial charge in [-0.1, -0.05) is 17.7 Å². The van der Waals surface area contributed by atoms with Gasteiger partial charge in [0, 0.05) is 12.4 Å². The Kier molecular flexibility index (Phi) is 4.40. The van der Waals surface area contributed by atoms with Crippen molar-refractivity contribution < 1.29 is 4.74 Å². The monoisotopic (exact) mass is 276 g/mol. The fourth-order valence-electron chi connectivity index (χ4n) is 2.17. The lowest BCUT2D eigenvalue weighted by molar-refractivity contribution is 0.414. The van der Waals surface area contributed by atoms with Crippen LogP contribution in [0.4, 0.5) is 0 Å². The summed E-state index contributed by atoms with van der Waals surface area (Å²) in [5.74, 6) is 0.686. The Morgan fingerprint density at radius 1 is 1.32 bits per heavy atom. The van der Waals surface area contributed by atoms with Crippen LogP contribution in [-0.2, 0) is 0 Å². The Bertz CT molecular complexity index is 572. The average Bonchev–Trinajstić information content (AvgIpc) is 2.43. The summed E-state index contributed by atoms with van der Waals surface area (Å²) in [6.45, 7) is 2.06. The summed E-state index contributed by atoms with van der Waals surface area (Å²) in [7, 11) is 3.56. The van der Waals surface area contributed by atoms with E-state index in [9.17, 15) is 0 Å². The van der Waals surface area contributed by atoms with Crippen molar-refractivity contribution in [2.75, 3.05) is 14.2 Å². The second-order valence-electron chi connectivity index (χ2n) is 4.35. The lowest BCUT2D eigenvalue weighted by atomic mass is 9.96. The van der Waals surface area contributed by atoms with Gasteiger partial charge in [-0.15, -0.1) is 0 Å². The zero-order valence-electron chi connectivity index (χ0n) is 11.3. The van der Waals surface area contributed by atoms with Crippen molar-refractivity contribution in [1.82, 2.24) is 10.3 Å². The molecule has 0 radical (unpaired) electrons. The second kappa shape index (κ2) is 6.04. The highest BCUT2D eigenvalue weighted by molar-refractivity contribution is 6.32. The second-order valence-corrected chi connectivity index (χ2v) is 4.76. The van der Waals surface area contributed by atoms with Crippen molar-refractivity contribution in [1.29, 1.82) is 0 Å². The van der Waals surface area contributed by atoms with Crippen LogP contribution in [0.5, 0.6) is 5.75 Å². The molecule has 1 aromatic carbocycles. The normalized spacial score (nSPS) is 12.2. The van der Waals surface area contributed by atoms with Crippen molar-refractivity contribution in [3.8, 4) is 5.75 Å². The van der Waals surface area contributed by atoms with Crippen molar-refractivity contribution in [2.45, 2.75) is 13.0 Å². The zero-order chi connectivity index (χ0) is 13.8. The van der Waals surface area contributed by atoms with Gasteiger partial charge >= 0.3 is 0 Å². The van der Waals surface area contributed by atoms with E-state index in [1.807, 2.05) is 37.5 Å². The molecule has 1 unspecified atom stereocenters. The number of ether oxygens (including phenoxy) is 1. The summed E-state index contributed by atoms with van der Waals surface area (Å²) in [6.07, 6.45) is 3.67. The summed E-state index contributed by atoms with van der Waals surface area (Å²) >= 11 is 6.07. The van der Waals surface area contributed by atoms with Crippen molar-refractivity contribution in [3.05, 3.63) is 58.4 Å². The molecule has 1 N–H and O–H groups in total. The van der Waals surface area contributed by atoms with E-state index in [0.29, 0.717) is 10.8 Å². The van der Waals surface area contributed by atoms with Crippen molar-refractivity contribution >= 4 is 11.6 Å². The topological polar surface area (TPSA) is 34.1 Å². The lowest BCUT2D eigenvalue weighted by Gasteiger charge is -2.20. The number of halogens is 1. The Hall–Kier alpha value is -1.58. The molecule has 3 nitrogen and oxygen atoms in total. The molecule has 0 saturated heterocycles. The van der Waals surface area contributed by atoms with Crippen LogP contribution in [0.3, 0.4) is 0 Å². The molecular weight excluding hydrogens is 260 g/mol. The fraction of sp³-hybridized carbons (Fsp3) is 0.267. The number of hydrogen-bond donors (Lipinski definition) is 1. The van der Waals surface area contributed by atoms with Crippen LogP contribution in [0, 0.1) is 6.92 Å². The number of methoxy groups -OCH3 is 1. The molecule has 2 rings (SSSR count).